The van der Waals surface area contributed by atoms with Crippen LogP contribution in [0.4, 0.5) is 0 Å². The normalized spacial score (nSPS) is 16.8. The van der Waals surface area contributed by atoms with Gasteiger partial charge in [0.15, 0.2) is 0 Å². The molecule has 21 heavy (non-hydrogen) atoms. The van der Waals surface area contributed by atoms with E-state index in [1.807, 2.05) is 18.2 Å². The summed E-state index contributed by atoms with van der Waals surface area (Å²) in [5.74, 6) is 0.803. The van der Waals surface area contributed by atoms with Crippen molar-refractivity contribution in [1.82, 2.24) is 9.97 Å². The number of aliphatic hydroxyl groups is 1. The van der Waals surface area contributed by atoms with Gasteiger partial charge in [0.25, 0.3) is 0 Å². The Hall–Kier alpha value is -1.94. The van der Waals surface area contributed by atoms with Crippen molar-refractivity contribution >= 4 is 0 Å². The molecule has 1 saturated carbocycles. The summed E-state index contributed by atoms with van der Waals surface area (Å²) in [6, 6.07) is 5.60. The minimum atomic E-state index is -0.554. The van der Waals surface area contributed by atoms with E-state index in [1.165, 1.54) is 12.8 Å². The number of rotatable bonds is 5. The van der Waals surface area contributed by atoms with E-state index in [0.29, 0.717) is 12.5 Å². The molecule has 1 atom stereocenters. The lowest BCUT2D eigenvalue weighted by molar-refractivity contribution is 0.171. The number of pyridine rings is 2. The van der Waals surface area contributed by atoms with E-state index in [1.54, 1.807) is 24.8 Å². The molecule has 0 saturated heterocycles. The number of hydrogen-bond donors (Lipinski definition) is 1. The van der Waals surface area contributed by atoms with Crippen LogP contribution in [0.5, 0.6) is 5.75 Å². The summed E-state index contributed by atoms with van der Waals surface area (Å²) in [5.41, 5.74) is 1.87. The molecule has 0 bridgehead atoms. The van der Waals surface area contributed by atoms with E-state index in [-0.39, 0.29) is 0 Å². The Morgan fingerprint density at radius 3 is 2.57 bits per heavy atom. The van der Waals surface area contributed by atoms with Gasteiger partial charge in [-0.2, -0.15) is 0 Å². The molecule has 3 rings (SSSR count). The van der Waals surface area contributed by atoms with E-state index in [9.17, 15) is 5.11 Å². The molecule has 1 aliphatic rings. The van der Waals surface area contributed by atoms with E-state index < -0.39 is 6.10 Å². The largest absolute Gasteiger partial charge is 0.489 e. The van der Waals surface area contributed by atoms with E-state index in [4.69, 9.17) is 4.74 Å². The van der Waals surface area contributed by atoms with Crippen molar-refractivity contribution in [1.29, 1.82) is 0 Å². The van der Waals surface area contributed by atoms with Crippen molar-refractivity contribution in [2.75, 3.05) is 0 Å². The van der Waals surface area contributed by atoms with Crippen LogP contribution in [0.1, 0.15) is 42.9 Å². The minimum absolute atomic E-state index is 0.297. The third kappa shape index (κ3) is 3.58. The van der Waals surface area contributed by atoms with Crippen LogP contribution < -0.4 is 4.74 Å². The Morgan fingerprint density at radius 1 is 1.10 bits per heavy atom. The van der Waals surface area contributed by atoms with Gasteiger partial charge in [-0.05, 0) is 49.4 Å². The van der Waals surface area contributed by atoms with Gasteiger partial charge in [-0.25, -0.2) is 0 Å². The molecule has 4 nitrogen and oxygen atoms in total. The molecule has 1 fully saturated rings. The van der Waals surface area contributed by atoms with Crippen molar-refractivity contribution in [3.8, 4) is 5.75 Å². The summed E-state index contributed by atoms with van der Waals surface area (Å²) in [5, 5.41) is 10.4. The highest BCUT2D eigenvalue weighted by Crippen LogP contribution is 2.28. The van der Waals surface area contributed by atoms with Gasteiger partial charge >= 0.3 is 0 Å². The molecule has 4 heteroatoms. The lowest BCUT2D eigenvalue weighted by atomic mass is 10.0. The highest BCUT2D eigenvalue weighted by molar-refractivity contribution is 5.32. The molecule has 1 unspecified atom stereocenters. The smallest absolute Gasteiger partial charge is 0.141 e. The number of ether oxygens (including phenoxy) is 1. The zero-order chi connectivity index (χ0) is 14.5. The Bertz CT molecular complexity index is 568. The molecule has 2 aromatic heterocycles. The predicted molar refractivity (Wildman–Crippen MR) is 80.0 cm³/mol. The first-order valence-electron chi connectivity index (χ1n) is 7.50. The summed E-state index contributed by atoms with van der Waals surface area (Å²) in [7, 11) is 0. The van der Waals surface area contributed by atoms with Crippen LogP contribution in [0, 0.1) is 0 Å². The molecule has 0 spiro atoms. The molecule has 0 amide bonds. The molecule has 110 valence electrons. The summed E-state index contributed by atoms with van der Waals surface area (Å²) < 4.78 is 6.06. The molecule has 1 aliphatic carbocycles. The van der Waals surface area contributed by atoms with Crippen LogP contribution in [0.3, 0.4) is 0 Å². The number of aliphatic hydroxyl groups excluding tert-OH is 1. The lowest BCUT2D eigenvalue weighted by Gasteiger charge is -2.18. The van der Waals surface area contributed by atoms with Crippen LogP contribution in [-0.4, -0.2) is 21.2 Å². The predicted octanol–water partition coefficient (Wildman–Crippen LogP) is 3.07. The first-order chi connectivity index (χ1) is 10.3. The van der Waals surface area contributed by atoms with Crippen molar-refractivity contribution < 1.29 is 9.84 Å². The second-order valence-electron chi connectivity index (χ2n) is 5.51. The van der Waals surface area contributed by atoms with Gasteiger partial charge in [0.1, 0.15) is 5.75 Å². The molecule has 0 radical (unpaired) electrons. The molecule has 0 aliphatic heterocycles. The molecular weight excluding hydrogens is 264 g/mol. The van der Waals surface area contributed by atoms with Crippen molar-refractivity contribution in [3.05, 3.63) is 54.1 Å². The van der Waals surface area contributed by atoms with Gasteiger partial charge < -0.3 is 9.84 Å². The summed E-state index contributed by atoms with van der Waals surface area (Å²) >= 11 is 0. The van der Waals surface area contributed by atoms with Gasteiger partial charge in [0.2, 0.25) is 0 Å². The van der Waals surface area contributed by atoms with Crippen molar-refractivity contribution in [2.24, 2.45) is 0 Å². The van der Waals surface area contributed by atoms with Gasteiger partial charge in [-0.15, -0.1) is 0 Å². The SMILES string of the molecule is OC(Cc1ccncc1OC1CCCC1)c1ccncc1. The fourth-order valence-corrected chi connectivity index (χ4v) is 2.78. The molecule has 2 aromatic rings. The highest BCUT2D eigenvalue weighted by atomic mass is 16.5. The Balaban J connectivity index is 1.72. The molecule has 0 aromatic carbocycles. The zero-order valence-electron chi connectivity index (χ0n) is 12.0. The van der Waals surface area contributed by atoms with Gasteiger partial charge in [0.05, 0.1) is 18.4 Å². The molecule has 2 heterocycles. The minimum Gasteiger partial charge on any atom is -0.489 e. The summed E-state index contributed by atoms with van der Waals surface area (Å²) in [6.07, 6.45) is 11.9. The van der Waals surface area contributed by atoms with Crippen molar-refractivity contribution in [2.45, 2.75) is 44.3 Å². The molecule has 1 N–H and O–H groups in total. The quantitative estimate of drug-likeness (QED) is 0.916. The van der Waals surface area contributed by atoms with Crippen molar-refractivity contribution in [3.63, 3.8) is 0 Å². The van der Waals surface area contributed by atoms with Crippen LogP contribution in [0.15, 0.2) is 43.0 Å². The van der Waals surface area contributed by atoms with Gasteiger partial charge in [-0.1, -0.05) is 0 Å². The van der Waals surface area contributed by atoms with Crippen LogP contribution in [-0.2, 0) is 6.42 Å². The topological polar surface area (TPSA) is 55.2 Å². The monoisotopic (exact) mass is 284 g/mol. The Morgan fingerprint density at radius 2 is 1.81 bits per heavy atom. The van der Waals surface area contributed by atoms with Gasteiger partial charge in [0, 0.05) is 30.6 Å². The molecular formula is C17H20N2O2. The Kier molecular flexibility index (Phi) is 4.46. The number of hydrogen-bond acceptors (Lipinski definition) is 4. The van der Waals surface area contributed by atoms with E-state index in [2.05, 4.69) is 9.97 Å². The van der Waals surface area contributed by atoms with E-state index in [0.717, 1.165) is 29.7 Å². The Labute approximate surface area is 124 Å². The second kappa shape index (κ2) is 6.68. The maximum atomic E-state index is 10.4. The average Bonchev–Trinajstić information content (AvgIpc) is 3.03. The van der Waals surface area contributed by atoms with Gasteiger partial charge in [-0.3, -0.25) is 9.97 Å². The maximum Gasteiger partial charge on any atom is 0.141 e. The average molecular weight is 284 g/mol. The highest BCUT2D eigenvalue weighted by Gasteiger charge is 2.19. The first-order valence-corrected chi connectivity index (χ1v) is 7.50. The standard InChI is InChI=1S/C17H20N2O2/c20-16(13-5-8-18-9-6-13)11-14-7-10-19-12-17(14)21-15-3-1-2-4-15/h5-10,12,15-16,20H,1-4,11H2. The fraction of sp³-hybridized carbons (Fsp3) is 0.412. The first kappa shape index (κ1) is 14.0. The number of aromatic nitrogens is 2. The third-order valence-corrected chi connectivity index (χ3v) is 3.97. The van der Waals surface area contributed by atoms with Crippen LogP contribution >= 0.6 is 0 Å². The number of nitrogens with zero attached hydrogens (tertiary/aromatic N) is 2. The zero-order valence-corrected chi connectivity index (χ0v) is 12.0. The summed E-state index contributed by atoms with van der Waals surface area (Å²) in [4.78, 5) is 8.13. The van der Waals surface area contributed by atoms with E-state index >= 15 is 0 Å². The van der Waals surface area contributed by atoms with Crippen LogP contribution in [0.25, 0.3) is 0 Å². The lowest BCUT2D eigenvalue weighted by Crippen LogP contribution is -2.13. The summed E-state index contributed by atoms with van der Waals surface area (Å²) in [6.45, 7) is 0. The second-order valence-corrected chi connectivity index (χ2v) is 5.51. The maximum absolute atomic E-state index is 10.4. The third-order valence-electron chi connectivity index (χ3n) is 3.97. The fourth-order valence-electron chi connectivity index (χ4n) is 2.78. The van der Waals surface area contributed by atoms with Crippen LogP contribution in [0.2, 0.25) is 0 Å².